The van der Waals surface area contributed by atoms with Gasteiger partial charge < -0.3 is 28.6 Å². The van der Waals surface area contributed by atoms with Gasteiger partial charge in [-0.1, -0.05) is 23.7 Å². The molecule has 0 spiro atoms. The van der Waals surface area contributed by atoms with E-state index in [9.17, 15) is 14.7 Å². The van der Waals surface area contributed by atoms with Gasteiger partial charge >= 0.3 is 5.97 Å². The first-order valence-corrected chi connectivity index (χ1v) is 12.0. The fraction of sp³-hybridized carbons (Fsp3) is 0.333. The van der Waals surface area contributed by atoms with E-state index in [1.54, 1.807) is 29.9 Å². The summed E-state index contributed by atoms with van der Waals surface area (Å²) in [7, 11) is 1.64. The number of nitrogens with zero attached hydrogens (tertiary/aromatic N) is 1. The second-order valence-corrected chi connectivity index (χ2v) is 9.90. The third kappa shape index (κ3) is 4.31. The van der Waals surface area contributed by atoms with Crippen LogP contribution in [0.2, 0.25) is 5.02 Å². The standard InChI is InChI=1S/C27H26ClNO7/c1-27(2)13-17-23-19-11-20(30)18(26(31)32)14-29(19)25(15-5-7-16(28)8-6-15)35-21(23)12-22(24(17)36-27)34-10-4-9-33-3/h5-8,11-12,14,25H,4,9-10,13H2,1-3H3,(H,31,32). The molecule has 5 rings (SSSR count). The molecule has 0 amide bonds. The molecule has 2 aliphatic rings. The first kappa shape index (κ1) is 24.2. The van der Waals surface area contributed by atoms with Gasteiger partial charge in [-0.25, -0.2) is 4.79 Å². The number of aromatic carboxylic acids is 1. The first-order valence-electron chi connectivity index (χ1n) is 11.6. The van der Waals surface area contributed by atoms with Crippen LogP contribution in [-0.4, -0.2) is 41.6 Å². The number of rotatable bonds is 7. The maximum absolute atomic E-state index is 12.8. The number of fused-ring (bicyclic) bond motifs is 5. The average Bonchev–Trinajstić information content (AvgIpc) is 3.16. The van der Waals surface area contributed by atoms with Gasteiger partial charge in [0.05, 0.1) is 12.3 Å². The fourth-order valence-electron chi connectivity index (χ4n) is 4.69. The van der Waals surface area contributed by atoms with E-state index in [1.165, 1.54) is 12.3 Å². The molecule has 1 atom stereocenters. The summed E-state index contributed by atoms with van der Waals surface area (Å²) in [4.78, 5) is 24.6. The largest absolute Gasteiger partial charge is 0.489 e. The fourth-order valence-corrected chi connectivity index (χ4v) is 4.82. The van der Waals surface area contributed by atoms with Crippen LogP contribution < -0.4 is 19.6 Å². The number of methoxy groups -OCH3 is 1. The maximum atomic E-state index is 12.8. The van der Waals surface area contributed by atoms with Crippen LogP contribution in [0.5, 0.6) is 17.2 Å². The Kier molecular flexibility index (Phi) is 6.18. The number of carboxylic acid groups (broad SMARTS) is 1. The topological polar surface area (TPSA) is 96.2 Å². The lowest BCUT2D eigenvalue weighted by Crippen LogP contribution is -2.28. The number of aromatic nitrogens is 1. The van der Waals surface area contributed by atoms with E-state index >= 15 is 0 Å². The zero-order chi connectivity index (χ0) is 25.6. The van der Waals surface area contributed by atoms with Gasteiger partial charge in [0.1, 0.15) is 16.9 Å². The number of carboxylic acids is 1. The predicted octanol–water partition coefficient (Wildman–Crippen LogP) is 4.94. The summed E-state index contributed by atoms with van der Waals surface area (Å²) in [5, 5.41) is 10.2. The molecule has 2 aromatic carbocycles. The summed E-state index contributed by atoms with van der Waals surface area (Å²) >= 11 is 6.10. The summed E-state index contributed by atoms with van der Waals surface area (Å²) in [5.74, 6) is 0.383. The normalized spacial score (nSPS) is 16.8. The highest BCUT2D eigenvalue weighted by Gasteiger charge is 2.40. The Bertz CT molecular complexity index is 1390. The molecule has 0 radical (unpaired) electrons. The molecule has 3 heterocycles. The second kappa shape index (κ2) is 9.19. The summed E-state index contributed by atoms with van der Waals surface area (Å²) < 4.78 is 25.6. The SMILES string of the molecule is COCCCOc1cc2c(c3c1OC(C)(C)C3)-c1cc(=O)c(C(=O)O)cn1C(c1ccc(Cl)cc1)O2. The molecule has 2 aliphatic heterocycles. The summed E-state index contributed by atoms with van der Waals surface area (Å²) in [5.41, 5.74) is 1.42. The van der Waals surface area contributed by atoms with Crippen molar-refractivity contribution in [3.05, 3.63) is 74.5 Å². The lowest BCUT2D eigenvalue weighted by Gasteiger charge is -2.33. The third-order valence-corrected chi connectivity index (χ3v) is 6.50. The van der Waals surface area contributed by atoms with Crippen LogP contribution in [0, 0.1) is 0 Å². The zero-order valence-electron chi connectivity index (χ0n) is 20.2. The van der Waals surface area contributed by atoms with Crippen molar-refractivity contribution in [3.8, 4) is 28.5 Å². The van der Waals surface area contributed by atoms with E-state index < -0.39 is 23.2 Å². The van der Waals surface area contributed by atoms with Crippen molar-refractivity contribution >= 4 is 17.6 Å². The van der Waals surface area contributed by atoms with Crippen molar-refractivity contribution in [2.75, 3.05) is 20.3 Å². The van der Waals surface area contributed by atoms with Crippen LogP contribution >= 0.6 is 11.6 Å². The van der Waals surface area contributed by atoms with Gasteiger partial charge in [0.15, 0.2) is 16.9 Å². The maximum Gasteiger partial charge on any atom is 0.341 e. The number of hydrogen-bond acceptors (Lipinski definition) is 6. The Balaban J connectivity index is 1.71. The van der Waals surface area contributed by atoms with Crippen molar-refractivity contribution < 1.29 is 28.8 Å². The lowest BCUT2D eigenvalue weighted by molar-refractivity contribution is 0.0693. The van der Waals surface area contributed by atoms with E-state index in [4.69, 9.17) is 30.5 Å². The summed E-state index contributed by atoms with van der Waals surface area (Å²) in [6.45, 7) is 4.96. The van der Waals surface area contributed by atoms with Crippen LogP contribution in [0.15, 0.2) is 47.4 Å². The van der Waals surface area contributed by atoms with Crippen molar-refractivity contribution in [1.82, 2.24) is 4.57 Å². The lowest BCUT2D eigenvalue weighted by atomic mass is 9.93. The third-order valence-electron chi connectivity index (χ3n) is 6.25. The highest BCUT2D eigenvalue weighted by molar-refractivity contribution is 6.30. The van der Waals surface area contributed by atoms with Crippen molar-refractivity contribution in [1.29, 1.82) is 0 Å². The monoisotopic (exact) mass is 511 g/mol. The highest BCUT2D eigenvalue weighted by atomic mass is 35.5. The van der Waals surface area contributed by atoms with Gasteiger partial charge in [0, 0.05) is 66.6 Å². The Morgan fingerprint density at radius 3 is 2.67 bits per heavy atom. The van der Waals surface area contributed by atoms with Crippen molar-refractivity contribution in [3.63, 3.8) is 0 Å². The molecule has 9 heteroatoms. The van der Waals surface area contributed by atoms with E-state index in [1.807, 2.05) is 26.0 Å². The van der Waals surface area contributed by atoms with E-state index in [-0.39, 0.29) is 5.56 Å². The van der Waals surface area contributed by atoms with Crippen LogP contribution in [0.1, 0.15) is 48.0 Å². The highest BCUT2D eigenvalue weighted by Crippen LogP contribution is 2.53. The second-order valence-electron chi connectivity index (χ2n) is 9.46. The minimum atomic E-state index is -1.30. The van der Waals surface area contributed by atoms with Gasteiger partial charge in [-0.05, 0) is 26.0 Å². The number of pyridine rings is 1. The molecule has 0 aliphatic carbocycles. The van der Waals surface area contributed by atoms with Crippen LogP contribution in [-0.2, 0) is 11.2 Å². The number of hydrogen-bond donors (Lipinski definition) is 1. The Hall–Kier alpha value is -3.49. The van der Waals surface area contributed by atoms with Crippen molar-refractivity contribution in [2.24, 2.45) is 0 Å². The minimum Gasteiger partial charge on any atom is -0.489 e. The van der Waals surface area contributed by atoms with Crippen LogP contribution in [0.25, 0.3) is 11.3 Å². The van der Waals surface area contributed by atoms with Crippen molar-refractivity contribution in [2.45, 2.75) is 38.5 Å². The van der Waals surface area contributed by atoms with E-state index in [0.29, 0.717) is 59.6 Å². The molecule has 1 aromatic heterocycles. The molecule has 0 saturated carbocycles. The zero-order valence-corrected chi connectivity index (χ0v) is 20.9. The average molecular weight is 512 g/mol. The first-order chi connectivity index (χ1) is 17.2. The smallest absolute Gasteiger partial charge is 0.341 e. The van der Waals surface area contributed by atoms with E-state index in [2.05, 4.69) is 0 Å². The molecule has 36 heavy (non-hydrogen) atoms. The number of benzene rings is 2. The van der Waals surface area contributed by atoms with Crippen LogP contribution in [0.4, 0.5) is 0 Å². The number of ether oxygens (including phenoxy) is 4. The van der Waals surface area contributed by atoms with Gasteiger partial charge in [0.25, 0.3) is 0 Å². The Morgan fingerprint density at radius 1 is 1.22 bits per heavy atom. The minimum absolute atomic E-state index is 0.337. The van der Waals surface area contributed by atoms with Crippen LogP contribution in [0.3, 0.4) is 0 Å². The molecule has 0 fully saturated rings. The number of halogens is 1. The molecule has 0 bridgehead atoms. The Labute approximate surface area is 212 Å². The van der Waals surface area contributed by atoms with Gasteiger partial charge in [-0.2, -0.15) is 0 Å². The van der Waals surface area contributed by atoms with Gasteiger partial charge in [-0.15, -0.1) is 0 Å². The summed E-state index contributed by atoms with van der Waals surface area (Å²) in [6.07, 6.45) is 1.88. The molecule has 0 saturated heterocycles. The molecule has 3 aromatic rings. The molecule has 188 valence electrons. The molecule has 1 unspecified atom stereocenters. The van der Waals surface area contributed by atoms with Gasteiger partial charge in [-0.3, -0.25) is 4.79 Å². The molecular weight excluding hydrogens is 486 g/mol. The summed E-state index contributed by atoms with van der Waals surface area (Å²) in [6, 6.07) is 10.2. The molecule has 8 nitrogen and oxygen atoms in total. The molecule has 1 N–H and O–H groups in total. The van der Waals surface area contributed by atoms with Gasteiger partial charge in [0.2, 0.25) is 6.23 Å². The predicted molar refractivity (Wildman–Crippen MR) is 134 cm³/mol. The van der Waals surface area contributed by atoms with E-state index in [0.717, 1.165) is 11.1 Å². The number of carbonyl (C=O) groups is 1. The molecular formula is C27H26ClNO7. The Morgan fingerprint density at radius 2 is 1.97 bits per heavy atom. The quantitative estimate of drug-likeness (QED) is 0.449.